The van der Waals surface area contributed by atoms with E-state index in [-0.39, 0.29) is 5.54 Å². The fourth-order valence-electron chi connectivity index (χ4n) is 1.65. The van der Waals surface area contributed by atoms with Gasteiger partial charge in [0.2, 0.25) is 0 Å². The summed E-state index contributed by atoms with van der Waals surface area (Å²) in [5, 5.41) is 0. The molecule has 0 saturated heterocycles. The highest BCUT2D eigenvalue weighted by Crippen LogP contribution is 2.32. The molecule has 0 spiro atoms. The lowest BCUT2D eigenvalue weighted by molar-refractivity contribution is 0.600. The second-order valence-corrected chi connectivity index (χ2v) is 4.10. The highest BCUT2D eigenvalue weighted by atomic mass is 15.2. The first-order chi connectivity index (χ1) is 7.11. The first-order valence-corrected chi connectivity index (χ1v) is 5.63. The zero-order valence-electron chi connectivity index (χ0n) is 10.4. The minimum Gasteiger partial charge on any atom is -0.366 e. The molecule has 15 heavy (non-hydrogen) atoms. The number of likely N-dealkylation sites (N-methyl/N-ethyl adjacent to an activating group) is 1. The SMILES string of the molecule is CC.CN1c2ccccc2C=CC1(C)C. The van der Waals surface area contributed by atoms with Crippen LogP contribution in [0.25, 0.3) is 6.08 Å². The molecule has 1 heteroatoms. The predicted molar refractivity (Wildman–Crippen MR) is 69.3 cm³/mol. The van der Waals surface area contributed by atoms with Crippen molar-refractivity contribution in [1.82, 2.24) is 0 Å². The number of fused-ring (bicyclic) bond motifs is 1. The molecule has 0 N–H and O–H groups in total. The minimum absolute atomic E-state index is 0.133. The highest BCUT2D eigenvalue weighted by molar-refractivity contribution is 5.73. The van der Waals surface area contributed by atoms with Crippen LogP contribution in [0.2, 0.25) is 0 Å². The number of anilines is 1. The van der Waals surface area contributed by atoms with Gasteiger partial charge in [-0.3, -0.25) is 0 Å². The molecule has 0 fully saturated rings. The largest absolute Gasteiger partial charge is 0.366 e. The smallest absolute Gasteiger partial charge is 0.0528 e. The fourth-order valence-corrected chi connectivity index (χ4v) is 1.65. The molecule has 0 atom stereocenters. The van der Waals surface area contributed by atoms with Gasteiger partial charge >= 0.3 is 0 Å². The second-order valence-electron chi connectivity index (χ2n) is 4.10. The van der Waals surface area contributed by atoms with E-state index in [2.05, 4.69) is 62.2 Å². The third kappa shape index (κ3) is 2.23. The van der Waals surface area contributed by atoms with E-state index < -0.39 is 0 Å². The van der Waals surface area contributed by atoms with Crippen LogP contribution >= 0.6 is 0 Å². The number of hydrogen-bond acceptors (Lipinski definition) is 1. The van der Waals surface area contributed by atoms with Gasteiger partial charge in [-0.05, 0) is 25.5 Å². The van der Waals surface area contributed by atoms with E-state index in [0.717, 1.165) is 0 Å². The zero-order valence-corrected chi connectivity index (χ0v) is 10.4. The van der Waals surface area contributed by atoms with Gasteiger partial charge in [-0.25, -0.2) is 0 Å². The molecule has 0 bridgehead atoms. The molecule has 1 nitrogen and oxygen atoms in total. The van der Waals surface area contributed by atoms with Crippen molar-refractivity contribution in [3.05, 3.63) is 35.9 Å². The summed E-state index contributed by atoms with van der Waals surface area (Å²) in [6, 6.07) is 8.48. The molecule has 0 aliphatic carbocycles. The standard InChI is InChI=1S/C12H15N.C2H6/c1-12(2)9-8-10-6-4-5-7-11(10)13(12)3;1-2/h4-9H,1-3H3;1-2H3. The molecule has 82 valence electrons. The number of rotatable bonds is 0. The van der Waals surface area contributed by atoms with E-state index >= 15 is 0 Å². The summed E-state index contributed by atoms with van der Waals surface area (Å²) in [4.78, 5) is 2.31. The molecular weight excluding hydrogens is 182 g/mol. The summed E-state index contributed by atoms with van der Waals surface area (Å²) >= 11 is 0. The number of para-hydroxylation sites is 1. The van der Waals surface area contributed by atoms with E-state index in [9.17, 15) is 0 Å². The normalized spacial score (nSPS) is 16.5. The van der Waals surface area contributed by atoms with Gasteiger partial charge < -0.3 is 4.90 Å². The van der Waals surface area contributed by atoms with E-state index in [0.29, 0.717) is 0 Å². The van der Waals surface area contributed by atoms with Crippen LogP contribution in [0.3, 0.4) is 0 Å². The number of hydrogen-bond donors (Lipinski definition) is 0. The molecule has 0 aromatic heterocycles. The van der Waals surface area contributed by atoms with Crippen LogP contribution < -0.4 is 4.90 Å². The monoisotopic (exact) mass is 203 g/mol. The molecule has 1 aromatic rings. The van der Waals surface area contributed by atoms with Crippen LogP contribution in [0, 0.1) is 0 Å². The maximum atomic E-state index is 2.31. The van der Waals surface area contributed by atoms with Gasteiger partial charge in [0.1, 0.15) is 0 Å². The Kier molecular flexibility index (Phi) is 3.57. The molecule has 0 amide bonds. The van der Waals surface area contributed by atoms with Gasteiger partial charge in [0.15, 0.2) is 0 Å². The summed E-state index contributed by atoms with van der Waals surface area (Å²) in [5.41, 5.74) is 2.76. The first kappa shape index (κ1) is 11.8. The van der Waals surface area contributed by atoms with Crippen molar-refractivity contribution >= 4 is 11.8 Å². The van der Waals surface area contributed by atoms with Crippen LogP contribution in [-0.4, -0.2) is 12.6 Å². The maximum absolute atomic E-state index is 2.31. The molecule has 1 heterocycles. The van der Waals surface area contributed by atoms with Gasteiger partial charge in [-0.2, -0.15) is 0 Å². The van der Waals surface area contributed by atoms with Crippen LogP contribution in [0.5, 0.6) is 0 Å². The van der Waals surface area contributed by atoms with Crippen LogP contribution in [0.4, 0.5) is 5.69 Å². The molecule has 0 saturated carbocycles. The maximum Gasteiger partial charge on any atom is 0.0528 e. The number of benzene rings is 1. The third-order valence-electron chi connectivity index (χ3n) is 2.83. The minimum atomic E-state index is 0.133. The first-order valence-electron chi connectivity index (χ1n) is 5.63. The van der Waals surface area contributed by atoms with Crippen LogP contribution in [0.1, 0.15) is 33.3 Å². The Hall–Kier alpha value is -1.24. The molecule has 1 aromatic carbocycles. The fraction of sp³-hybridized carbons (Fsp3) is 0.429. The zero-order chi connectivity index (χ0) is 11.5. The van der Waals surface area contributed by atoms with Crippen LogP contribution in [-0.2, 0) is 0 Å². The second kappa shape index (κ2) is 4.52. The topological polar surface area (TPSA) is 3.24 Å². The van der Waals surface area contributed by atoms with Crippen molar-refractivity contribution in [2.24, 2.45) is 0 Å². The van der Waals surface area contributed by atoms with Gasteiger partial charge in [0.25, 0.3) is 0 Å². The van der Waals surface area contributed by atoms with E-state index in [4.69, 9.17) is 0 Å². The Morgan fingerprint density at radius 3 is 2.33 bits per heavy atom. The Morgan fingerprint density at radius 1 is 1.07 bits per heavy atom. The quantitative estimate of drug-likeness (QED) is 0.617. The van der Waals surface area contributed by atoms with Gasteiger partial charge in [-0.1, -0.05) is 44.2 Å². The Balaban J connectivity index is 0.000000531. The molecule has 1 aliphatic heterocycles. The highest BCUT2D eigenvalue weighted by Gasteiger charge is 2.24. The summed E-state index contributed by atoms with van der Waals surface area (Å²) in [5.74, 6) is 0. The van der Waals surface area contributed by atoms with Crippen molar-refractivity contribution in [2.75, 3.05) is 11.9 Å². The van der Waals surface area contributed by atoms with Crippen molar-refractivity contribution < 1.29 is 0 Å². The summed E-state index contributed by atoms with van der Waals surface area (Å²) in [6.07, 6.45) is 4.45. The lowest BCUT2D eigenvalue weighted by Crippen LogP contribution is -2.41. The summed E-state index contributed by atoms with van der Waals surface area (Å²) in [7, 11) is 2.14. The summed E-state index contributed by atoms with van der Waals surface area (Å²) in [6.45, 7) is 8.44. The Bertz CT molecular complexity index is 350. The lowest BCUT2D eigenvalue weighted by atomic mass is 9.95. The molecule has 2 rings (SSSR count). The summed E-state index contributed by atoms with van der Waals surface area (Å²) < 4.78 is 0. The van der Waals surface area contributed by atoms with Crippen molar-refractivity contribution in [3.63, 3.8) is 0 Å². The van der Waals surface area contributed by atoms with Crippen molar-refractivity contribution in [1.29, 1.82) is 0 Å². The molecule has 1 aliphatic rings. The third-order valence-corrected chi connectivity index (χ3v) is 2.83. The van der Waals surface area contributed by atoms with Gasteiger partial charge in [0, 0.05) is 12.7 Å². The van der Waals surface area contributed by atoms with Crippen molar-refractivity contribution in [2.45, 2.75) is 33.2 Å². The van der Waals surface area contributed by atoms with Gasteiger partial charge in [-0.15, -0.1) is 0 Å². The average molecular weight is 203 g/mol. The Morgan fingerprint density at radius 2 is 1.67 bits per heavy atom. The van der Waals surface area contributed by atoms with E-state index in [1.165, 1.54) is 11.3 Å². The Labute approximate surface area is 93.4 Å². The van der Waals surface area contributed by atoms with Crippen LogP contribution in [0.15, 0.2) is 30.3 Å². The molecular formula is C14H21N. The average Bonchev–Trinajstić information content (AvgIpc) is 2.27. The van der Waals surface area contributed by atoms with Crippen molar-refractivity contribution in [3.8, 4) is 0 Å². The van der Waals surface area contributed by atoms with E-state index in [1.807, 2.05) is 13.8 Å². The number of nitrogens with zero attached hydrogens (tertiary/aromatic N) is 1. The lowest BCUT2D eigenvalue weighted by Gasteiger charge is -2.38. The molecule has 0 radical (unpaired) electrons. The predicted octanol–water partition coefficient (Wildman–Crippen LogP) is 3.95. The van der Waals surface area contributed by atoms with E-state index in [1.54, 1.807) is 0 Å². The van der Waals surface area contributed by atoms with Gasteiger partial charge in [0.05, 0.1) is 5.54 Å². The molecule has 0 unspecified atom stereocenters.